The van der Waals surface area contributed by atoms with Crippen LogP contribution in [0.15, 0.2) is 41.2 Å². The minimum Gasteiger partial charge on any atom is -0.491 e. The number of methoxy groups -OCH3 is 1. The number of carbonyl (C=O) groups excluding carboxylic acids is 1. The van der Waals surface area contributed by atoms with E-state index in [2.05, 4.69) is 9.97 Å². The molecule has 7 heteroatoms. The number of ether oxygens (including phenoxy) is 2. The van der Waals surface area contributed by atoms with E-state index < -0.39 is 5.60 Å². The Kier molecular flexibility index (Phi) is 4.85. The number of carbonyl (C=O) groups is 1. The van der Waals surface area contributed by atoms with Crippen molar-refractivity contribution >= 4 is 5.91 Å². The Labute approximate surface area is 145 Å². The molecular weight excluding hydrogens is 322 g/mol. The summed E-state index contributed by atoms with van der Waals surface area (Å²) in [6, 6.07) is 10.7. The summed E-state index contributed by atoms with van der Waals surface area (Å²) in [7, 11) is 1.62. The maximum atomic E-state index is 12.6. The standard InChI is InChI=1S/C18H21N3O4/c1-13-19-15(10-16(22)20-13)17(23)21-9-8-18(11-21,24-2)12-25-14-6-4-3-5-7-14/h3-7,10H,8-9,11-12H2,1-2H3,(H,19,20,22)/t18-/m1/s1. The molecule has 0 saturated carbocycles. The van der Waals surface area contributed by atoms with E-state index in [0.29, 0.717) is 31.9 Å². The fraction of sp³-hybridized carbons (Fsp3) is 0.389. The number of nitrogens with zero attached hydrogens (tertiary/aromatic N) is 2. The molecule has 1 aliphatic rings. The van der Waals surface area contributed by atoms with E-state index in [-0.39, 0.29) is 17.2 Å². The van der Waals surface area contributed by atoms with Crippen molar-refractivity contribution < 1.29 is 14.3 Å². The lowest BCUT2D eigenvalue weighted by atomic mass is 10.0. The lowest BCUT2D eigenvalue weighted by Crippen LogP contribution is -2.42. The summed E-state index contributed by atoms with van der Waals surface area (Å²) in [5.74, 6) is 0.906. The predicted molar refractivity (Wildman–Crippen MR) is 91.8 cm³/mol. The van der Waals surface area contributed by atoms with Gasteiger partial charge in [-0.1, -0.05) is 18.2 Å². The summed E-state index contributed by atoms with van der Waals surface area (Å²) in [6.07, 6.45) is 0.657. The van der Waals surface area contributed by atoms with Crippen molar-refractivity contribution in [3.63, 3.8) is 0 Å². The number of amides is 1. The molecule has 0 radical (unpaired) electrons. The zero-order valence-electron chi connectivity index (χ0n) is 14.3. The van der Waals surface area contributed by atoms with Crippen molar-refractivity contribution in [2.75, 3.05) is 26.8 Å². The second-order valence-corrected chi connectivity index (χ2v) is 6.18. The van der Waals surface area contributed by atoms with Crippen LogP contribution in [0.5, 0.6) is 5.75 Å². The quantitative estimate of drug-likeness (QED) is 0.887. The maximum absolute atomic E-state index is 12.6. The van der Waals surface area contributed by atoms with Gasteiger partial charge >= 0.3 is 0 Å². The minimum absolute atomic E-state index is 0.150. The zero-order valence-corrected chi connectivity index (χ0v) is 14.3. The Morgan fingerprint density at radius 3 is 2.80 bits per heavy atom. The van der Waals surface area contributed by atoms with Crippen molar-refractivity contribution in [3.8, 4) is 5.75 Å². The van der Waals surface area contributed by atoms with E-state index in [9.17, 15) is 9.59 Å². The molecule has 1 fully saturated rings. The first-order valence-electron chi connectivity index (χ1n) is 8.12. The molecule has 132 valence electrons. The number of aromatic nitrogens is 2. The number of hydrogen-bond donors (Lipinski definition) is 1. The predicted octanol–water partition coefficient (Wildman–Crippen LogP) is 1.39. The average molecular weight is 343 g/mol. The van der Waals surface area contributed by atoms with Gasteiger partial charge in [0.2, 0.25) is 0 Å². The largest absolute Gasteiger partial charge is 0.491 e. The number of hydrogen-bond acceptors (Lipinski definition) is 5. The van der Waals surface area contributed by atoms with Gasteiger partial charge in [-0.2, -0.15) is 0 Å². The molecule has 0 spiro atoms. The number of rotatable bonds is 5. The Balaban J connectivity index is 1.69. The van der Waals surface area contributed by atoms with E-state index in [0.717, 1.165) is 5.75 Å². The first-order chi connectivity index (χ1) is 12.0. The minimum atomic E-state index is -0.568. The van der Waals surface area contributed by atoms with Crippen LogP contribution in [0.25, 0.3) is 0 Å². The van der Waals surface area contributed by atoms with E-state index >= 15 is 0 Å². The molecule has 0 bridgehead atoms. The summed E-state index contributed by atoms with van der Waals surface area (Å²) < 4.78 is 11.5. The second-order valence-electron chi connectivity index (χ2n) is 6.18. The number of H-pyrrole nitrogens is 1. The van der Waals surface area contributed by atoms with E-state index in [1.165, 1.54) is 6.07 Å². The SMILES string of the molecule is CO[C@]1(COc2ccccc2)CCN(C(=O)c2cc(=O)[nH]c(C)n2)C1. The van der Waals surface area contributed by atoms with Crippen molar-refractivity contribution in [2.45, 2.75) is 18.9 Å². The fourth-order valence-electron chi connectivity index (χ4n) is 2.94. The molecule has 1 aromatic carbocycles. The molecule has 1 saturated heterocycles. The normalized spacial score (nSPS) is 19.8. The molecule has 2 heterocycles. The van der Waals surface area contributed by atoms with Gasteiger partial charge in [-0.05, 0) is 25.5 Å². The second kappa shape index (κ2) is 7.06. The number of aryl methyl sites for hydroxylation is 1. The number of nitrogens with one attached hydrogen (secondary N) is 1. The number of aromatic amines is 1. The lowest BCUT2D eigenvalue weighted by Gasteiger charge is -2.27. The van der Waals surface area contributed by atoms with Crippen LogP contribution in [0.1, 0.15) is 22.7 Å². The van der Waals surface area contributed by atoms with Crippen molar-refractivity contribution in [1.82, 2.24) is 14.9 Å². The number of para-hydroxylation sites is 1. The highest BCUT2D eigenvalue weighted by molar-refractivity contribution is 5.92. The van der Waals surface area contributed by atoms with Crippen molar-refractivity contribution in [2.24, 2.45) is 0 Å². The van der Waals surface area contributed by atoms with Gasteiger partial charge in [-0.15, -0.1) is 0 Å². The van der Waals surface area contributed by atoms with Crippen LogP contribution in [-0.2, 0) is 4.74 Å². The Morgan fingerprint density at radius 1 is 1.36 bits per heavy atom. The van der Waals surface area contributed by atoms with Gasteiger partial charge in [0.1, 0.15) is 29.5 Å². The van der Waals surface area contributed by atoms with Crippen LogP contribution in [-0.4, -0.2) is 53.2 Å². The van der Waals surface area contributed by atoms with Gasteiger partial charge in [-0.3, -0.25) is 9.59 Å². The first kappa shape index (κ1) is 17.2. The molecule has 1 amide bonds. The fourth-order valence-corrected chi connectivity index (χ4v) is 2.94. The van der Waals surface area contributed by atoms with Gasteiger partial charge < -0.3 is 19.4 Å². The third-order valence-electron chi connectivity index (χ3n) is 4.36. The van der Waals surface area contributed by atoms with Gasteiger partial charge in [0.05, 0.1) is 6.54 Å². The third kappa shape index (κ3) is 3.88. The van der Waals surface area contributed by atoms with E-state index in [1.807, 2.05) is 30.3 Å². The monoisotopic (exact) mass is 343 g/mol. The van der Waals surface area contributed by atoms with Gasteiger partial charge in [0.25, 0.3) is 11.5 Å². The average Bonchev–Trinajstić information content (AvgIpc) is 3.04. The summed E-state index contributed by atoms with van der Waals surface area (Å²) in [6.45, 7) is 2.91. The molecule has 0 unspecified atom stereocenters. The van der Waals surface area contributed by atoms with Gasteiger partial charge in [0, 0.05) is 19.7 Å². The third-order valence-corrected chi connectivity index (χ3v) is 4.36. The summed E-state index contributed by atoms with van der Waals surface area (Å²) in [5, 5.41) is 0. The Hall–Kier alpha value is -2.67. The highest BCUT2D eigenvalue weighted by Crippen LogP contribution is 2.27. The maximum Gasteiger partial charge on any atom is 0.272 e. The number of benzene rings is 1. The van der Waals surface area contributed by atoms with Crippen molar-refractivity contribution in [1.29, 1.82) is 0 Å². The van der Waals surface area contributed by atoms with Crippen LogP contribution >= 0.6 is 0 Å². The van der Waals surface area contributed by atoms with E-state index in [4.69, 9.17) is 9.47 Å². The summed E-state index contributed by atoms with van der Waals surface area (Å²) >= 11 is 0. The molecule has 1 atom stereocenters. The molecule has 3 rings (SSSR count). The van der Waals surface area contributed by atoms with Crippen molar-refractivity contribution in [3.05, 3.63) is 58.3 Å². The smallest absolute Gasteiger partial charge is 0.272 e. The topological polar surface area (TPSA) is 84.5 Å². The van der Waals surface area contributed by atoms with Crippen LogP contribution in [0.3, 0.4) is 0 Å². The first-order valence-corrected chi connectivity index (χ1v) is 8.12. The van der Waals surface area contributed by atoms with E-state index in [1.54, 1.807) is 18.9 Å². The summed E-state index contributed by atoms with van der Waals surface area (Å²) in [5.41, 5.74) is -0.750. The molecule has 7 nitrogen and oxygen atoms in total. The zero-order chi connectivity index (χ0) is 17.9. The van der Waals surface area contributed by atoms with Crippen LogP contribution in [0.4, 0.5) is 0 Å². The molecule has 1 N–H and O–H groups in total. The Bertz CT molecular complexity index is 805. The van der Waals surface area contributed by atoms with Crippen LogP contribution in [0, 0.1) is 6.92 Å². The van der Waals surface area contributed by atoms with Gasteiger partial charge in [0.15, 0.2) is 0 Å². The summed E-state index contributed by atoms with van der Waals surface area (Å²) in [4.78, 5) is 32.5. The van der Waals surface area contributed by atoms with Crippen LogP contribution in [0.2, 0.25) is 0 Å². The molecule has 25 heavy (non-hydrogen) atoms. The highest BCUT2D eigenvalue weighted by atomic mass is 16.5. The van der Waals surface area contributed by atoms with Gasteiger partial charge in [-0.25, -0.2) is 4.98 Å². The Morgan fingerprint density at radius 2 is 2.12 bits per heavy atom. The highest BCUT2D eigenvalue weighted by Gasteiger charge is 2.41. The van der Waals surface area contributed by atoms with Crippen LogP contribution < -0.4 is 10.3 Å². The molecular formula is C18H21N3O4. The molecule has 0 aliphatic carbocycles. The number of likely N-dealkylation sites (tertiary alicyclic amines) is 1. The molecule has 1 aliphatic heterocycles. The molecule has 1 aromatic heterocycles. The molecule has 2 aromatic rings. The lowest BCUT2D eigenvalue weighted by molar-refractivity contribution is -0.0342.